The van der Waals surface area contributed by atoms with E-state index in [1.165, 1.54) is 10.1 Å². The number of hydrogen-bond acceptors (Lipinski definition) is 4. The van der Waals surface area contributed by atoms with Crippen molar-refractivity contribution in [3.05, 3.63) is 27.6 Å². The Hall–Kier alpha value is -1.48. The van der Waals surface area contributed by atoms with E-state index in [0.29, 0.717) is 5.82 Å². The Bertz CT molecular complexity index is 781. The highest BCUT2D eigenvalue weighted by Crippen LogP contribution is 2.33. The molecule has 5 nitrogen and oxygen atoms in total. The maximum Gasteiger partial charge on any atom is 0.265 e. The molecule has 3 rings (SSSR count). The molecule has 1 N–H and O–H groups in total. The minimum Gasteiger partial charge on any atom is -0.263 e. The highest BCUT2D eigenvalue weighted by Gasteiger charge is 2.28. The summed E-state index contributed by atoms with van der Waals surface area (Å²) in [6.45, 7) is 0. The van der Waals surface area contributed by atoms with Crippen LogP contribution in [0.4, 0.5) is 14.6 Å². The first-order valence-corrected chi connectivity index (χ1v) is 8.74. The zero-order chi connectivity index (χ0) is 15.2. The monoisotopic (exact) mass is 333 g/mol. The van der Waals surface area contributed by atoms with Crippen molar-refractivity contribution < 1.29 is 17.2 Å². The minimum atomic E-state index is -4.04. The van der Waals surface area contributed by atoms with Crippen LogP contribution in [0.5, 0.6) is 0 Å². The topological polar surface area (TPSA) is 64.0 Å². The molecule has 0 aromatic carbocycles. The summed E-state index contributed by atoms with van der Waals surface area (Å²) in [6, 6.07) is 0. The molecule has 114 valence electrons. The van der Waals surface area contributed by atoms with Gasteiger partial charge in [0.25, 0.3) is 16.4 Å². The van der Waals surface area contributed by atoms with Crippen LogP contribution in [0, 0.1) is 0 Å². The number of fused-ring (bicyclic) bond motifs is 1. The predicted octanol–water partition coefficient (Wildman–Crippen LogP) is 2.71. The van der Waals surface area contributed by atoms with Crippen LogP contribution < -0.4 is 4.72 Å². The van der Waals surface area contributed by atoms with Gasteiger partial charge in [0.05, 0.1) is 5.69 Å². The summed E-state index contributed by atoms with van der Waals surface area (Å²) < 4.78 is 54.3. The van der Waals surface area contributed by atoms with Crippen molar-refractivity contribution in [1.29, 1.82) is 0 Å². The third kappa shape index (κ3) is 2.44. The SMILES string of the molecule is Cn1nc2c(c1NS(=O)(=O)c1cscc1C(F)F)CCC2. The van der Waals surface area contributed by atoms with Crippen LogP contribution in [0.3, 0.4) is 0 Å². The zero-order valence-electron chi connectivity index (χ0n) is 11.1. The van der Waals surface area contributed by atoms with Crippen molar-refractivity contribution in [3.8, 4) is 0 Å². The Balaban J connectivity index is 1.99. The van der Waals surface area contributed by atoms with Gasteiger partial charge in [0.1, 0.15) is 10.7 Å². The average molecular weight is 333 g/mol. The molecule has 0 spiro atoms. The molecule has 21 heavy (non-hydrogen) atoms. The van der Waals surface area contributed by atoms with Gasteiger partial charge in [-0.05, 0) is 19.3 Å². The van der Waals surface area contributed by atoms with E-state index in [4.69, 9.17) is 0 Å². The second kappa shape index (κ2) is 5.06. The van der Waals surface area contributed by atoms with Gasteiger partial charge < -0.3 is 0 Å². The second-order valence-electron chi connectivity index (χ2n) is 4.85. The van der Waals surface area contributed by atoms with Gasteiger partial charge in [0.15, 0.2) is 0 Å². The van der Waals surface area contributed by atoms with E-state index in [0.717, 1.165) is 47.2 Å². The van der Waals surface area contributed by atoms with Gasteiger partial charge in [-0.1, -0.05) is 0 Å². The van der Waals surface area contributed by atoms with Gasteiger partial charge in [-0.15, -0.1) is 0 Å². The normalized spacial score (nSPS) is 14.7. The number of aryl methyl sites for hydroxylation is 2. The highest BCUT2D eigenvalue weighted by atomic mass is 32.2. The zero-order valence-corrected chi connectivity index (χ0v) is 12.8. The maximum atomic E-state index is 12.9. The Labute approximate surface area is 124 Å². The lowest BCUT2D eigenvalue weighted by Gasteiger charge is -2.10. The number of aromatic nitrogens is 2. The molecule has 1 aliphatic carbocycles. The highest BCUT2D eigenvalue weighted by molar-refractivity contribution is 7.92. The molecule has 0 saturated heterocycles. The minimum absolute atomic E-state index is 0.365. The molecule has 2 aromatic rings. The van der Waals surface area contributed by atoms with Crippen LogP contribution in [-0.4, -0.2) is 18.2 Å². The molecule has 0 radical (unpaired) electrons. The lowest BCUT2D eigenvalue weighted by Crippen LogP contribution is -2.17. The number of anilines is 1. The van der Waals surface area contributed by atoms with Crippen molar-refractivity contribution >= 4 is 27.2 Å². The maximum absolute atomic E-state index is 12.9. The Morgan fingerprint density at radius 1 is 1.38 bits per heavy atom. The number of alkyl halides is 2. The van der Waals surface area contributed by atoms with E-state index in [-0.39, 0.29) is 4.90 Å². The number of rotatable bonds is 4. The lowest BCUT2D eigenvalue weighted by atomic mass is 10.3. The summed E-state index contributed by atoms with van der Waals surface area (Å²) in [5, 5.41) is 6.64. The number of sulfonamides is 1. The van der Waals surface area contributed by atoms with Crippen LogP contribution in [0.15, 0.2) is 15.7 Å². The average Bonchev–Trinajstić information content (AvgIpc) is 3.08. The summed E-state index contributed by atoms with van der Waals surface area (Å²) in [4.78, 5) is -0.365. The summed E-state index contributed by atoms with van der Waals surface area (Å²) in [5.41, 5.74) is 1.26. The molecule has 0 saturated carbocycles. The molecule has 2 heterocycles. The number of hydrogen-bond donors (Lipinski definition) is 1. The first-order valence-electron chi connectivity index (χ1n) is 6.32. The lowest BCUT2D eigenvalue weighted by molar-refractivity contribution is 0.148. The fourth-order valence-corrected chi connectivity index (χ4v) is 5.03. The number of nitrogens with one attached hydrogen (secondary N) is 1. The third-order valence-corrected chi connectivity index (χ3v) is 5.78. The number of halogens is 2. The molecular formula is C12H13F2N3O2S2. The molecular weight excluding hydrogens is 320 g/mol. The molecule has 0 fully saturated rings. The molecule has 0 atom stereocenters. The molecule has 9 heteroatoms. The van der Waals surface area contributed by atoms with Gasteiger partial charge in [0.2, 0.25) is 0 Å². The van der Waals surface area contributed by atoms with Gasteiger partial charge in [-0.25, -0.2) is 17.2 Å². The van der Waals surface area contributed by atoms with E-state index in [9.17, 15) is 17.2 Å². The Morgan fingerprint density at radius 2 is 2.14 bits per heavy atom. The van der Waals surface area contributed by atoms with Crippen LogP contribution in [0.25, 0.3) is 0 Å². The molecule has 0 unspecified atom stereocenters. The van der Waals surface area contributed by atoms with E-state index in [2.05, 4.69) is 9.82 Å². The van der Waals surface area contributed by atoms with E-state index >= 15 is 0 Å². The first-order chi connectivity index (χ1) is 9.90. The van der Waals surface area contributed by atoms with Crippen LogP contribution >= 0.6 is 11.3 Å². The standard InChI is InChI=1S/C12H13F2N3O2S2/c1-17-12(7-3-2-4-9(7)15-17)16-21(18,19)10-6-20-5-8(10)11(13)14/h5-6,11,16H,2-4H2,1H3. The van der Waals surface area contributed by atoms with E-state index < -0.39 is 22.0 Å². The smallest absolute Gasteiger partial charge is 0.263 e. The van der Waals surface area contributed by atoms with Crippen molar-refractivity contribution in [1.82, 2.24) is 9.78 Å². The van der Waals surface area contributed by atoms with Crippen LogP contribution in [0.2, 0.25) is 0 Å². The Kier molecular flexibility index (Phi) is 3.48. The molecule has 1 aliphatic rings. The van der Waals surface area contributed by atoms with Gasteiger partial charge >= 0.3 is 0 Å². The fourth-order valence-electron chi connectivity index (χ4n) is 2.50. The summed E-state index contributed by atoms with van der Waals surface area (Å²) >= 11 is 0.942. The molecule has 2 aromatic heterocycles. The number of nitrogens with zero attached hydrogens (tertiary/aromatic N) is 2. The van der Waals surface area contributed by atoms with Crippen LogP contribution in [-0.2, 0) is 29.9 Å². The van der Waals surface area contributed by atoms with Crippen molar-refractivity contribution in [3.63, 3.8) is 0 Å². The van der Waals surface area contributed by atoms with Gasteiger partial charge in [-0.3, -0.25) is 9.40 Å². The molecule has 0 bridgehead atoms. The quantitative estimate of drug-likeness (QED) is 0.936. The summed E-state index contributed by atoms with van der Waals surface area (Å²) in [6.07, 6.45) is -0.341. The number of thiophene rings is 1. The van der Waals surface area contributed by atoms with Crippen molar-refractivity contribution in [2.75, 3.05) is 4.72 Å². The third-order valence-electron chi connectivity index (χ3n) is 3.48. The predicted molar refractivity (Wildman–Crippen MR) is 75.3 cm³/mol. The fraction of sp³-hybridized carbons (Fsp3) is 0.417. The van der Waals surface area contributed by atoms with Crippen LogP contribution in [0.1, 0.15) is 29.7 Å². The Morgan fingerprint density at radius 3 is 2.86 bits per heavy atom. The molecule has 0 aliphatic heterocycles. The van der Waals surface area contributed by atoms with E-state index in [1.54, 1.807) is 7.05 Å². The summed E-state index contributed by atoms with van der Waals surface area (Å²) in [7, 11) is -2.40. The van der Waals surface area contributed by atoms with Crippen molar-refractivity contribution in [2.45, 2.75) is 30.6 Å². The first kappa shape index (κ1) is 14.5. The van der Waals surface area contributed by atoms with Gasteiger partial charge in [0, 0.05) is 28.9 Å². The van der Waals surface area contributed by atoms with Gasteiger partial charge in [-0.2, -0.15) is 16.4 Å². The second-order valence-corrected chi connectivity index (χ2v) is 7.24. The largest absolute Gasteiger partial charge is 0.265 e. The molecule has 0 amide bonds. The van der Waals surface area contributed by atoms with E-state index in [1.807, 2.05) is 0 Å². The van der Waals surface area contributed by atoms with Crippen molar-refractivity contribution in [2.24, 2.45) is 7.05 Å². The summed E-state index contributed by atoms with van der Waals surface area (Å²) in [5.74, 6) is 0.369.